The molecule has 2 aromatic heterocycles. The Morgan fingerprint density at radius 2 is 1.80 bits per heavy atom. The molecule has 156 valence electrons. The van der Waals surface area contributed by atoms with Crippen LogP contribution in [0.15, 0.2) is 55.4 Å². The van der Waals surface area contributed by atoms with E-state index in [0.717, 1.165) is 37.8 Å². The van der Waals surface area contributed by atoms with Crippen molar-refractivity contribution >= 4 is 5.91 Å². The molecule has 1 N–H and O–H groups in total. The predicted molar refractivity (Wildman–Crippen MR) is 110 cm³/mol. The highest BCUT2D eigenvalue weighted by Crippen LogP contribution is 2.27. The molecular formula is C22H25N5O3. The zero-order valence-electron chi connectivity index (χ0n) is 16.9. The van der Waals surface area contributed by atoms with Crippen molar-refractivity contribution in [3.63, 3.8) is 0 Å². The average molecular weight is 407 g/mol. The molecule has 0 atom stereocenters. The number of aromatic nitrogens is 4. The number of hydrogen-bond donors (Lipinski definition) is 1. The molecule has 1 aromatic carbocycles. The third-order valence-corrected chi connectivity index (χ3v) is 5.25. The molecule has 30 heavy (non-hydrogen) atoms. The summed E-state index contributed by atoms with van der Waals surface area (Å²) in [5, 5.41) is 3.14. The molecule has 1 saturated carbocycles. The van der Waals surface area contributed by atoms with E-state index in [9.17, 15) is 4.79 Å². The van der Waals surface area contributed by atoms with E-state index in [1.165, 1.54) is 0 Å². The average Bonchev–Trinajstić information content (AvgIpc) is 3.29. The van der Waals surface area contributed by atoms with Crippen LogP contribution >= 0.6 is 0 Å². The van der Waals surface area contributed by atoms with Crippen molar-refractivity contribution in [2.45, 2.75) is 44.4 Å². The van der Waals surface area contributed by atoms with Crippen LogP contribution in [0, 0.1) is 0 Å². The molecule has 3 aromatic rings. The maximum Gasteiger partial charge on any atom is 0.278 e. The van der Waals surface area contributed by atoms with Crippen molar-refractivity contribution in [1.29, 1.82) is 0 Å². The van der Waals surface area contributed by atoms with E-state index in [-0.39, 0.29) is 18.1 Å². The first-order chi connectivity index (χ1) is 14.7. The van der Waals surface area contributed by atoms with Gasteiger partial charge >= 0.3 is 0 Å². The lowest BCUT2D eigenvalue weighted by atomic mass is 9.92. The molecule has 1 aliphatic rings. The molecule has 2 heterocycles. The third kappa shape index (κ3) is 4.94. The standard InChI is InChI=1S/C22H25N5O3/c1-29-21-22(25-11-10-24-21)30-19-8-6-18(7-9-19)26-20(28)17-4-2-16(3-5-17)14-27-13-12-23-15-27/h2-5,10-13,15,18-19H,6-9,14H2,1H3,(H,26,28). The molecule has 0 saturated heterocycles. The predicted octanol–water partition coefficient (Wildman–Crippen LogP) is 2.85. The van der Waals surface area contributed by atoms with E-state index in [4.69, 9.17) is 9.47 Å². The summed E-state index contributed by atoms with van der Waals surface area (Å²) in [5.41, 5.74) is 1.80. The Kier molecular flexibility index (Phi) is 6.22. The van der Waals surface area contributed by atoms with E-state index in [2.05, 4.69) is 20.3 Å². The first-order valence-corrected chi connectivity index (χ1v) is 10.1. The van der Waals surface area contributed by atoms with E-state index >= 15 is 0 Å². The van der Waals surface area contributed by atoms with Gasteiger partial charge in [0.15, 0.2) is 0 Å². The highest BCUT2D eigenvalue weighted by atomic mass is 16.5. The number of imidazole rings is 1. The molecule has 0 unspecified atom stereocenters. The van der Waals surface area contributed by atoms with Gasteiger partial charge in [-0.25, -0.2) is 15.0 Å². The second-order valence-corrected chi connectivity index (χ2v) is 7.37. The Morgan fingerprint density at radius 3 is 2.47 bits per heavy atom. The number of methoxy groups -OCH3 is 1. The summed E-state index contributed by atoms with van der Waals surface area (Å²) < 4.78 is 13.1. The van der Waals surface area contributed by atoms with Gasteiger partial charge in [-0.05, 0) is 43.4 Å². The van der Waals surface area contributed by atoms with Gasteiger partial charge in [-0.15, -0.1) is 0 Å². The summed E-state index contributed by atoms with van der Waals surface area (Å²) in [6.45, 7) is 0.739. The number of ether oxygens (including phenoxy) is 2. The zero-order valence-corrected chi connectivity index (χ0v) is 16.9. The fourth-order valence-corrected chi connectivity index (χ4v) is 3.64. The van der Waals surface area contributed by atoms with Gasteiger partial charge in [0.2, 0.25) is 0 Å². The summed E-state index contributed by atoms with van der Waals surface area (Å²) >= 11 is 0. The Labute approximate surface area is 175 Å². The molecule has 0 aliphatic heterocycles. The Hall–Kier alpha value is -3.42. The fourth-order valence-electron chi connectivity index (χ4n) is 3.64. The van der Waals surface area contributed by atoms with Crippen LogP contribution in [0.1, 0.15) is 41.6 Å². The molecule has 1 aliphatic carbocycles. The number of carbonyl (C=O) groups is 1. The van der Waals surface area contributed by atoms with E-state index in [1.807, 2.05) is 35.0 Å². The van der Waals surface area contributed by atoms with Crippen LogP contribution in [0.25, 0.3) is 0 Å². The minimum Gasteiger partial charge on any atom is -0.477 e. The number of carbonyl (C=O) groups excluding carboxylic acids is 1. The van der Waals surface area contributed by atoms with E-state index < -0.39 is 0 Å². The molecule has 8 nitrogen and oxygen atoms in total. The van der Waals surface area contributed by atoms with E-state index in [0.29, 0.717) is 17.3 Å². The Bertz CT molecular complexity index is 951. The van der Waals surface area contributed by atoms with Crippen LogP contribution < -0.4 is 14.8 Å². The lowest BCUT2D eigenvalue weighted by Crippen LogP contribution is -2.39. The minimum absolute atomic E-state index is 0.0378. The molecule has 1 fully saturated rings. The first kappa shape index (κ1) is 19.9. The van der Waals surface area contributed by atoms with Crippen molar-refractivity contribution in [2.75, 3.05) is 7.11 Å². The third-order valence-electron chi connectivity index (χ3n) is 5.25. The number of nitrogens with zero attached hydrogens (tertiary/aromatic N) is 4. The maximum absolute atomic E-state index is 12.6. The van der Waals surface area contributed by atoms with Crippen molar-refractivity contribution in [2.24, 2.45) is 0 Å². The summed E-state index contributed by atoms with van der Waals surface area (Å²) in [7, 11) is 1.55. The van der Waals surface area contributed by atoms with Gasteiger partial charge in [0, 0.05) is 42.9 Å². The summed E-state index contributed by atoms with van der Waals surface area (Å²) in [6, 6.07) is 7.85. The van der Waals surface area contributed by atoms with E-state index in [1.54, 1.807) is 32.0 Å². The van der Waals surface area contributed by atoms with Crippen LogP contribution in [-0.4, -0.2) is 44.7 Å². The molecule has 0 bridgehead atoms. The lowest BCUT2D eigenvalue weighted by molar-refractivity contribution is 0.0886. The quantitative estimate of drug-likeness (QED) is 0.648. The molecule has 1 amide bonds. The molecule has 8 heteroatoms. The van der Waals surface area contributed by atoms with Crippen molar-refractivity contribution in [3.8, 4) is 11.8 Å². The molecule has 0 spiro atoms. The lowest BCUT2D eigenvalue weighted by Gasteiger charge is -2.29. The Balaban J connectivity index is 1.26. The van der Waals surface area contributed by atoms with Gasteiger partial charge in [0.05, 0.1) is 13.4 Å². The second kappa shape index (κ2) is 9.39. The number of benzene rings is 1. The van der Waals surface area contributed by atoms with Gasteiger partial charge in [-0.1, -0.05) is 12.1 Å². The van der Waals surface area contributed by atoms with Crippen LogP contribution in [0.3, 0.4) is 0 Å². The van der Waals surface area contributed by atoms with Gasteiger partial charge in [-0.3, -0.25) is 4.79 Å². The SMILES string of the molecule is COc1nccnc1OC1CCC(NC(=O)c2ccc(Cn3ccnc3)cc2)CC1. The monoisotopic (exact) mass is 407 g/mol. The Morgan fingerprint density at radius 1 is 1.07 bits per heavy atom. The normalized spacial score (nSPS) is 18.6. The zero-order chi connectivity index (χ0) is 20.8. The van der Waals surface area contributed by atoms with Gasteiger partial charge in [0.25, 0.3) is 17.7 Å². The summed E-state index contributed by atoms with van der Waals surface area (Å²) in [6.07, 6.45) is 12.1. The second-order valence-electron chi connectivity index (χ2n) is 7.37. The fraction of sp³-hybridized carbons (Fsp3) is 0.364. The molecule has 0 radical (unpaired) electrons. The topological polar surface area (TPSA) is 91.2 Å². The van der Waals surface area contributed by atoms with Crippen LogP contribution in [0.4, 0.5) is 0 Å². The van der Waals surface area contributed by atoms with Crippen LogP contribution in [-0.2, 0) is 6.54 Å². The van der Waals surface area contributed by atoms with Gasteiger partial charge < -0.3 is 19.4 Å². The van der Waals surface area contributed by atoms with Gasteiger partial charge in [0.1, 0.15) is 6.10 Å². The summed E-state index contributed by atoms with van der Waals surface area (Å²) in [4.78, 5) is 25.0. The smallest absolute Gasteiger partial charge is 0.278 e. The van der Waals surface area contributed by atoms with Gasteiger partial charge in [-0.2, -0.15) is 0 Å². The summed E-state index contributed by atoms with van der Waals surface area (Å²) in [5.74, 6) is 0.775. The molecule has 4 rings (SSSR count). The number of nitrogens with one attached hydrogen (secondary N) is 1. The molecular weight excluding hydrogens is 382 g/mol. The number of hydrogen-bond acceptors (Lipinski definition) is 6. The number of rotatable bonds is 7. The number of amides is 1. The highest BCUT2D eigenvalue weighted by Gasteiger charge is 2.25. The van der Waals surface area contributed by atoms with Crippen molar-refractivity contribution in [3.05, 3.63) is 66.5 Å². The maximum atomic E-state index is 12.6. The largest absolute Gasteiger partial charge is 0.477 e. The highest BCUT2D eigenvalue weighted by molar-refractivity contribution is 5.94. The van der Waals surface area contributed by atoms with Crippen molar-refractivity contribution < 1.29 is 14.3 Å². The first-order valence-electron chi connectivity index (χ1n) is 10.1. The minimum atomic E-state index is -0.0378. The van der Waals surface area contributed by atoms with Crippen LogP contribution in [0.5, 0.6) is 11.8 Å². The van der Waals surface area contributed by atoms with Crippen molar-refractivity contribution in [1.82, 2.24) is 24.8 Å². The van der Waals surface area contributed by atoms with Crippen LogP contribution in [0.2, 0.25) is 0 Å².